The molecule has 3 heteroatoms. The van der Waals surface area contributed by atoms with Gasteiger partial charge in [0, 0.05) is 0 Å². The van der Waals surface area contributed by atoms with E-state index in [9.17, 15) is 4.39 Å². The summed E-state index contributed by atoms with van der Waals surface area (Å²) in [6.07, 6.45) is 1.96. The Labute approximate surface area is 95.6 Å². The van der Waals surface area contributed by atoms with Crippen LogP contribution in [0.3, 0.4) is 0 Å². The lowest BCUT2D eigenvalue weighted by molar-refractivity contribution is 0.504. The Morgan fingerprint density at radius 1 is 1.47 bits per heavy atom. The van der Waals surface area contributed by atoms with Gasteiger partial charge in [-0.3, -0.25) is 0 Å². The minimum atomic E-state index is -0.324. The molecule has 15 heavy (non-hydrogen) atoms. The number of rotatable bonds is 5. The average molecular weight is 230 g/mol. The Bertz CT molecular complexity index is 314. The molecule has 0 saturated carbocycles. The van der Waals surface area contributed by atoms with Gasteiger partial charge in [-0.1, -0.05) is 24.6 Å². The zero-order valence-electron chi connectivity index (χ0n) is 9.19. The largest absolute Gasteiger partial charge is 0.319 e. The van der Waals surface area contributed by atoms with E-state index in [1.54, 1.807) is 6.07 Å². The lowest BCUT2D eigenvalue weighted by atomic mass is 10.0. The van der Waals surface area contributed by atoms with Crippen LogP contribution in [-0.2, 0) is 6.42 Å². The molecule has 0 aliphatic carbocycles. The Morgan fingerprint density at radius 2 is 2.20 bits per heavy atom. The first-order valence-electron chi connectivity index (χ1n) is 5.22. The second-order valence-corrected chi connectivity index (χ2v) is 4.36. The van der Waals surface area contributed by atoms with E-state index in [2.05, 4.69) is 12.2 Å². The summed E-state index contributed by atoms with van der Waals surface area (Å²) in [6.45, 7) is 3.18. The molecular formula is C12H17ClFN. The Hall–Kier alpha value is -0.600. The van der Waals surface area contributed by atoms with E-state index >= 15 is 0 Å². The molecule has 0 saturated heterocycles. The smallest absolute Gasteiger partial charge is 0.142 e. The molecule has 0 heterocycles. The van der Waals surface area contributed by atoms with Crippen molar-refractivity contribution in [2.24, 2.45) is 5.92 Å². The molecule has 0 fully saturated rings. The van der Waals surface area contributed by atoms with Crippen molar-refractivity contribution in [3.05, 3.63) is 34.6 Å². The molecule has 0 aliphatic heterocycles. The fourth-order valence-electron chi connectivity index (χ4n) is 1.56. The highest BCUT2D eigenvalue weighted by Crippen LogP contribution is 2.17. The fourth-order valence-corrected chi connectivity index (χ4v) is 1.68. The van der Waals surface area contributed by atoms with Gasteiger partial charge < -0.3 is 5.32 Å². The highest BCUT2D eigenvalue weighted by Gasteiger charge is 2.04. The Kier molecular flexibility index (Phi) is 5.06. The second-order valence-electron chi connectivity index (χ2n) is 3.95. The average Bonchev–Trinajstić information content (AvgIpc) is 2.20. The standard InChI is InChI=1S/C12H17ClFN/c1-9(8-15-2)3-4-10-5-6-11(13)12(14)7-10/h5-7,9,15H,3-4,8H2,1-2H3. The summed E-state index contributed by atoms with van der Waals surface area (Å²) in [4.78, 5) is 0. The number of nitrogens with one attached hydrogen (secondary N) is 1. The molecule has 1 N–H and O–H groups in total. The fraction of sp³-hybridized carbons (Fsp3) is 0.500. The van der Waals surface area contributed by atoms with Crippen molar-refractivity contribution in [1.29, 1.82) is 0 Å². The molecule has 1 aromatic carbocycles. The van der Waals surface area contributed by atoms with E-state index in [4.69, 9.17) is 11.6 Å². The Balaban J connectivity index is 2.47. The highest BCUT2D eigenvalue weighted by atomic mass is 35.5. The van der Waals surface area contributed by atoms with Gasteiger partial charge >= 0.3 is 0 Å². The van der Waals surface area contributed by atoms with Crippen molar-refractivity contribution < 1.29 is 4.39 Å². The molecule has 0 radical (unpaired) electrons. The number of aryl methyl sites for hydroxylation is 1. The van der Waals surface area contributed by atoms with Crippen molar-refractivity contribution in [3.63, 3.8) is 0 Å². The van der Waals surface area contributed by atoms with Crippen LogP contribution in [0.15, 0.2) is 18.2 Å². The quantitative estimate of drug-likeness (QED) is 0.817. The van der Waals surface area contributed by atoms with Crippen LogP contribution in [0.25, 0.3) is 0 Å². The van der Waals surface area contributed by atoms with Gasteiger partial charge in [0.25, 0.3) is 0 Å². The van der Waals surface area contributed by atoms with Gasteiger partial charge in [0.2, 0.25) is 0 Å². The van der Waals surface area contributed by atoms with Crippen molar-refractivity contribution in [2.75, 3.05) is 13.6 Å². The molecule has 84 valence electrons. The SMILES string of the molecule is CNCC(C)CCc1ccc(Cl)c(F)c1. The summed E-state index contributed by atoms with van der Waals surface area (Å²) >= 11 is 5.61. The topological polar surface area (TPSA) is 12.0 Å². The molecular weight excluding hydrogens is 213 g/mol. The number of benzene rings is 1. The molecule has 1 aromatic rings. The van der Waals surface area contributed by atoms with Gasteiger partial charge in [-0.15, -0.1) is 0 Å². The normalized spacial score (nSPS) is 12.8. The maximum atomic E-state index is 13.1. The van der Waals surface area contributed by atoms with Crippen molar-refractivity contribution >= 4 is 11.6 Å². The summed E-state index contributed by atoms with van der Waals surface area (Å²) in [5, 5.41) is 3.33. The molecule has 0 aromatic heterocycles. The van der Waals surface area contributed by atoms with Gasteiger partial charge in [0.1, 0.15) is 5.82 Å². The van der Waals surface area contributed by atoms with Crippen LogP contribution >= 0.6 is 11.6 Å². The van der Waals surface area contributed by atoms with E-state index in [1.165, 1.54) is 6.07 Å². The number of hydrogen-bond donors (Lipinski definition) is 1. The van der Waals surface area contributed by atoms with Crippen LogP contribution in [0.4, 0.5) is 4.39 Å². The van der Waals surface area contributed by atoms with Crippen molar-refractivity contribution in [3.8, 4) is 0 Å². The molecule has 0 spiro atoms. The van der Waals surface area contributed by atoms with E-state index in [-0.39, 0.29) is 10.8 Å². The van der Waals surface area contributed by atoms with E-state index < -0.39 is 0 Å². The summed E-state index contributed by atoms with van der Waals surface area (Å²) in [5.41, 5.74) is 1.01. The van der Waals surface area contributed by atoms with Gasteiger partial charge in [-0.25, -0.2) is 4.39 Å². The maximum Gasteiger partial charge on any atom is 0.142 e. The molecule has 1 unspecified atom stereocenters. The third kappa shape index (κ3) is 4.18. The van der Waals surface area contributed by atoms with Crippen LogP contribution in [-0.4, -0.2) is 13.6 Å². The van der Waals surface area contributed by atoms with Gasteiger partial charge in [-0.2, -0.15) is 0 Å². The third-order valence-corrected chi connectivity index (χ3v) is 2.77. The van der Waals surface area contributed by atoms with Crippen LogP contribution in [0.2, 0.25) is 5.02 Å². The minimum absolute atomic E-state index is 0.196. The van der Waals surface area contributed by atoms with Crippen LogP contribution in [0.1, 0.15) is 18.9 Å². The van der Waals surface area contributed by atoms with Gasteiger partial charge in [0.05, 0.1) is 5.02 Å². The van der Waals surface area contributed by atoms with E-state index in [0.29, 0.717) is 5.92 Å². The van der Waals surface area contributed by atoms with Crippen molar-refractivity contribution in [1.82, 2.24) is 5.32 Å². The summed E-state index contributed by atoms with van der Waals surface area (Å²) in [6, 6.07) is 5.03. The van der Waals surface area contributed by atoms with Gasteiger partial charge in [0.15, 0.2) is 0 Å². The molecule has 1 atom stereocenters. The molecule has 0 aliphatic rings. The second kappa shape index (κ2) is 6.09. The molecule has 0 bridgehead atoms. The first kappa shape index (κ1) is 12.5. The summed E-state index contributed by atoms with van der Waals surface area (Å²) < 4.78 is 13.1. The third-order valence-electron chi connectivity index (χ3n) is 2.46. The van der Waals surface area contributed by atoms with Crippen molar-refractivity contribution in [2.45, 2.75) is 19.8 Å². The summed E-state index contributed by atoms with van der Waals surface area (Å²) in [7, 11) is 1.94. The monoisotopic (exact) mass is 229 g/mol. The molecule has 0 amide bonds. The highest BCUT2D eigenvalue weighted by molar-refractivity contribution is 6.30. The predicted molar refractivity (Wildman–Crippen MR) is 62.8 cm³/mol. The first-order valence-corrected chi connectivity index (χ1v) is 5.59. The molecule has 1 rings (SSSR count). The number of halogens is 2. The van der Waals surface area contributed by atoms with E-state index in [1.807, 2.05) is 13.1 Å². The zero-order valence-corrected chi connectivity index (χ0v) is 9.94. The predicted octanol–water partition coefficient (Wildman–Crippen LogP) is 3.27. The first-order chi connectivity index (χ1) is 7.13. The van der Waals surface area contributed by atoms with E-state index in [0.717, 1.165) is 24.9 Å². The lowest BCUT2D eigenvalue weighted by Crippen LogP contribution is -2.16. The lowest BCUT2D eigenvalue weighted by Gasteiger charge is -2.10. The molecule has 1 nitrogen and oxygen atoms in total. The Morgan fingerprint density at radius 3 is 2.80 bits per heavy atom. The summed E-state index contributed by atoms with van der Waals surface area (Å²) in [5.74, 6) is 0.282. The van der Waals surface area contributed by atoms with Crippen LogP contribution in [0.5, 0.6) is 0 Å². The zero-order chi connectivity index (χ0) is 11.3. The van der Waals surface area contributed by atoms with Crippen LogP contribution < -0.4 is 5.32 Å². The minimum Gasteiger partial charge on any atom is -0.319 e. The van der Waals surface area contributed by atoms with Crippen LogP contribution in [0, 0.1) is 11.7 Å². The number of hydrogen-bond acceptors (Lipinski definition) is 1. The maximum absolute atomic E-state index is 13.1. The van der Waals surface area contributed by atoms with Gasteiger partial charge in [-0.05, 0) is 50.0 Å².